The Labute approximate surface area is 200 Å². The summed E-state index contributed by atoms with van der Waals surface area (Å²) >= 11 is -0.106. The van der Waals surface area contributed by atoms with E-state index in [9.17, 15) is 0 Å². The van der Waals surface area contributed by atoms with E-state index >= 15 is 0 Å². The number of rotatable bonds is 17. The maximum atomic E-state index is 2.37. The SMILES string of the molecule is CCCCCCCCCCCCCCC([Te]c1ccccc1)[Te]c1ccccc1. The summed E-state index contributed by atoms with van der Waals surface area (Å²) in [5.74, 6) is 0. The molecule has 0 nitrogen and oxygen atoms in total. The normalized spacial score (nSPS) is 11.2. The molecule has 0 saturated carbocycles. The van der Waals surface area contributed by atoms with Gasteiger partial charge in [-0.25, -0.2) is 0 Å². The first kappa shape index (κ1) is 25.3. The molecule has 0 aromatic heterocycles. The van der Waals surface area contributed by atoms with Crippen molar-refractivity contribution < 1.29 is 0 Å². The molecule has 0 saturated heterocycles. The van der Waals surface area contributed by atoms with Crippen molar-refractivity contribution in [2.75, 3.05) is 0 Å². The fraction of sp³-hybridized carbons (Fsp3) is 0.556. The van der Waals surface area contributed by atoms with Crippen LogP contribution in [0.2, 0.25) is 2.01 Å². The van der Waals surface area contributed by atoms with Crippen LogP contribution in [0.4, 0.5) is 0 Å². The molecule has 0 atom stereocenters. The van der Waals surface area contributed by atoms with E-state index < -0.39 is 0 Å². The van der Waals surface area contributed by atoms with E-state index in [0.717, 1.165) is 2.01 Å². The third-order valence-corrected chi connectivity index (χ3v) is 15.0. The maximum absolute atomic E-state index is 2.37. The van der Waals surface area contributed by atoms with E-state index in [0.29, 0.717) is 0 Å². The first-order valence-electron chi connectivity index (χ1n) is 11.8. The molecular formula is C27H40Te2. The second-order valence-electron chi connectivity index (χ2n) is 7.97. The van der Waals surface area contributed by atoms with E-state index in [1.165, 1.54) is 83.5 Å². The van der Waals surface area contributed by atoms with Crippen LogP contribution in [0.1, 0.15) is 90.4 Å². The third kappa shape index (κ3) is 13.1. The first-order valence-corrected chi connectivity index (χ1v) is 16.8. The second kappa shape index (κ2) is 17.7. The van der Waals surface area contributed by atoms with Gasteiger partial charge < -0.3 is 0 Å². The molecule has 0 unspecified atom stereocenters. The van der Waals surface area contributed by atoms with Gasteiger partial charge in [-0.3, -0.25) is 0 Å². The van der Waals surface area contributed by atoms with Crippen LogP contribution in [-0.2, 0) is 0 Å². The van der Waals surface area contributed by atoms with Crippen molar-refractivity contribution in [3.63, 3.8) is 0 Å². The summed E-state index contributed by atoms with van der Waals surface area (Å²) in [6.07, 6.45) is 18.9. The van der Waals surface area contributed by atoms with Crippen molar-refractivity contribution in [3.8, 4) is 0 Å². The van der Waals surface area contributed by atoms with Crippen LogP contribution in [0.15, 0.2) is 60.7 Å². The molecule has 2 heteroatoms. The molecule has 0 bridgehead atoms. The van der Waals surface area contributed by atoms with E-state index in [1.807, 2.05) is 0 Å². The summed E-state index contributed by atoms with van der Waals surface area (Å²) in [5.41, 5.74) is 0. The predicted octanol–water partition coefficient (Wildman–Crippen LogP) is 6.88. The summed E-state index contributed by atoms with van der Waals surface area (Å²) in [6.45, 7) is 2.30. The topological polar surface area (TPSA) is 0 Å². The van der Waals surface area contributed by atoms with Crippen LogP contribution in [0.25, 0.3) is 0 Å². The van der Waals surface area contributed by atoms with Gasteiger partial charge in [-0.05, 0) is 0 Å². The van der Waals surface area contributed by atoms with Crippen molar-refractivity contribution in [1.29, 1.82) is 0 Å². The zero-order chi connectivity index (χ0) is 20.4. The van der Waals surface area contributed by atoms with Gasteiger partial charge in [0, 0.05) is 0 Å². The van der Waals surface area contributed by atoms with Crippen molar-refractivity contribution in [2.45, 2.75) is 92.4 Å². The second-order valence-corrected chi connectivity index (χ2v) is 18.1. The predicted molar refractivity (Wildman–Crippen MR) is 133 cm³/mol. The van der Waals surface area contributed by atoms with Crippen LogP contribution < -0.4 is 7.22 Å². The van der Waals surface area contributed by atoms with Gasteiger partial charge in [0.05, 0.1) is 0 Å². The van der Waals surface area contributed by atoms with Gasteiger partial charge in [0.15, 0.2) is 0 Å². The summed E-state index contributed by atoms with van der Waals surface area (Å²) in [6, 6.07) is 22.7. The zero-order valence-corrected chi connectivity index (χ0v) is 23.0. The van der Waals surface area contributed by atoms with Crippen LogP contribution >= 0.6 is 0 Å². The Balaban J connectivity index is 1.58. The van der Waals surface area contributed by atoms with Crippen LogP contribution in [0, 0.1) is 0 Å². The van der Waals surface area contributed by atoms with Gasteiger partial charge in [0.1, 0.15) is 0 Å². The molecule has 0 aliphatic rings. The molecule has 0 heterocycles. The summed E-state index contributed by atoms with van der Waals surface area (Å²) in [4.78, 5) is 0. The average Bonchev–Trinajstić information content (AvgIpc) is 2.76. The van der Waals surface area contributed by atoms with Gasteiger partial charge in [0.2, 0.25) is 0 Å². The van der Waals surface area contributed by atoms with E-state index in [2.05, 4.69) is 67.6 Å². The van der Waals surface area contributed by atoms with Gasteiger partial charge in [-0.1, -0.05) is 19.8 Å². The number of hydrogen-bond acceptors (Lipinski definition) is 0. The van der Waals surface area contributed by atoms with Gasteiger partial charge >= 0.3 is 182 Å². The molecule has 0 spiro atoms. The molecule has 29 heavy (non-hydrogen) atoms. The van der Waals surface area contributed by atoms with Crippen molar-refractivity contribution >= 4 is 49.1 Å². The number of benzene rings is 2. The monoisotopic (exact) mass is 624 g/mol. The van der Waals surface area contributed by atoms with Crippen molar-refractivity contribution in [2.24, 2.45) is 0 Å². The summed E-state index contributed by atoms with van der Waals surface area (Å²) in [5, 5.41) is 0. The first-order chi connectivity index (χ1) is 14.4. The van der Waals surface area contributed by atoms with Crippen LogP contribution in [0.5, 0.6) is 0 Å². The number of hydrogen-bond donors (Lipinski definition) is 0. The van der Waals surface area contributed by atoms with E-state index in [4.69, 9.17) is 0 Å². The Kier molecular flexibility index (Phi) is 15.4. The Morgan fingerprint density at radius 3 is 1.31 bits per heavy atom. The molecule has 0 aliphatic carbocycles. The standard InChI is InChI=1S/C27H40Te2/c1-2-3-4-5-6-7-8-9-10-11-12-19-24-27(28-25-20-15-13-16-21-25)29-26-22-17-14-18-23-26/h13-18,20-23,27H,2-12,19,24H2,1H3. The minimum atomic E-state index is -0.0528. The van der Waals surface area contributed by atoms with Crippen molar-refractivity contribution in [3.05, 3.63) is 60.7 Å². The molecular weight excluding hydrogens is 579 g/mol. The fourth-order valence-corrected chi connectivity index (χ4v) is 14.1. The minimum absolute atomic E-state index is 0.0528. The average molecular weight is 620 g/mol. The quantitative estimate of drug-likeness (QED) is 0.134. The molecule has 0 N–H and O–H groups in total. The summed E-state index contributed by atoms with van der Waals surface area (Å²) in [7, 11) is 0. The zero-order valence-electron chi connectivity index (χ0n) is 18.4. The van der Waals surface area contributed by atoms with Crippen LogP contribution in [0.3, 0.4) is 0 Å². The molecule has 0 radical (unpaired) electrons. The molecule has 2 rings (SSSR count). The molecule has 0 amide bonds. The Bertz CT molecular complexity index is 555. The Morgan fingerprint density at radius 2 is 0.897 bits per heavy atom. The van der Waals surface area contributed by atoms with Crippen LogP contribution in [-0.4, -0.2) is 41.8 Å². The molecule has 2 aromatic carbocycles. The van der Waals surface area contributed by atoms with E-state index in [-0.39, 0.29) is 41.8 Å². The van der Waals surface area contributed by atoms with E-state index in [1.54, 1.807) is 7.22 Å². The van der Waals surface area contributed by atoms with Gasteiger partial charge in [0.25, 0.3) is 0 Å². The molecule has 160 valence electrons. The molecule has 0 aliphatic heterocycles. The molecule has 2 aromatic rings. The third-order valence-electron chi connectivity index (χ3n) is 5.31. The molecule has 0 fully saturated rings. The van der Waals surface area contributed by atoms with Gasteiger partial charge in [-0.15, -0.1) is 0 Å². The summed E-state index contributed by atoms with van der Waals surface area (Å²) < 4.78 is 4.34. The van der Waals surface area contributed by atoms with Crippen molar-refractivity contribution in [1.82, 2.24) is 0 Å². The Morgan fingerprint density at radius 1 is 0.517 bits per heavy atom. The Hall–Kier alpha value is 0.0192. The van der Waals surface area contributed by atoms with Gasteiger partial charge in [-0.2, -0.15) is 0 Å². The fourth-order valence-electron chi connectivity index (χ4n) is 3.60. The number of unbranched alkanes of at least 4 members (excludes halogenated alkanes) is 11.